The lowest BCUT2D eigenvalue weighted by Gasteiger charge is -2.00. The van der Waals surface area contributed by atoms with E-state index in [-0.39, 0.29) is 0 Å². The standard InChI is InChI=1S/C8H8N2O3/c9-10-8(12)13-7(11)6-4-2-1-3-5-6/h1-5H,9H2,(H,10,12). The Morgan fingerprint density at radius 1 is 1.23 bits per heavy atom. The number of hydrogen-bond donors (Lipinski definition) is 2. The maximum atomic E-state index is 11.1. The highest BCUT2D eigenvalue weighted by Crippen LogP contribution is 2.00. The van der Waals surface area contributed by atoms with Crippen molar-refractivity contribution in [2.75, 3.05) is 0 Å². The third-order valence-corrected chi connectivity index (χ3v) is 1.31. The minimum Gasteiger partial charge on any atom is -0.372 e. The molecule has 1 aromatic rings. The Bertz CT molecular complexity index is 310. The lowest BCUT2D eigenvalue weighted by atomic mass is 10.2. The van der Waals surface area contributed by atoms with Crippen molar-refractivity contribution >= 4 is 12.1 Å². The molecule has 1 aromatic carbocycles. The van der Waals surface area contributed by atoms with Gasteiger partial charge in [0.25, 0.3) is 0 Å². The zero-order chi connectivity index (χ0) is 9.68. The number of benzene rings is 1. The lowest BCUT2D eigenvalue weighted by Crippen LogP contribution is -2.32. The fourth-order valence-electron chi connectivity index (χ4n) is 0.747. The van der Waals surface area contributed by atoms with Crippen LogP contribution in [-0.4, -0.2) is 12.1 Å². The molecule has 0 aliphatic carbocycles. The topological polar surface area (TPSA) is 81.4 Å². The number of amides is 1. The van der Waals surface area contributed by atoms with Gasteiger partial charge in [-0.05, 0) is 12.1 Å². The Morgan fingerprint density at radius 2 is 1.85 bits per heavy atom. The summed E-state index contributed by atoms with van der Waals surface area (Å²) in [4.78, 5) is 21.6. The number of rotatable bonds is 1. The third kappa shape index (κ3) is 2.57. The largest absolute Gasteiger partial charge is 0.429 e. The molecular weight excluding hydrogens is 172 g/mol. The minimum absolute atomic E-state index is 0.297. The maximum absolute atomic E-state index is 11.1. The Morgan fingerprint density at radius 3 is 2.38 bits per heavy atom. The van der Waals surface area contributed by atoms with E-state index in [0.717, 1.165) is 0 Å². The Balaban J connectivity index is 2.65. The van der Waals surface area contributed by atoms with Gasteiger partial charge in [-0.3, -0.25) is 5.43 Å². The van der Waals surface area contributed by atoms with Gasteiger partial charge in [0.15, 0.2) is 0 Å². The molecule has 0 atom stereocenters. The number of carbonyl (C=O) groups is 2. The first-order valence-electron chi connectivity index (χ1n) is 3.52. The van der Waals surface area contributed by atoms with E-state index in [0.29, 0.717) is 5.56 Å². The summed E-state index contributed by atoms with van der Waals surface area (Å²) in [7, 11) is 0. The van der Waals surface area contributed by atoms with Gasteiger partial charge in [0, 0.05) is 0 Å². The summed E-state index contributed by atoms with van der Waals surface area (Å²) in [6.07, 6.45) is -0.978. The molecular formula is C8H8N2O3. The van der Waals surface area contributed by atoms with E-state index in [4.69, 9.17) is 5.84 Å². The summed E-state index contributed by atoms with van der Waals surface area (Å²) in [5, 5.41) is 0. The molecule has 0 spiro atoms. The van der Waals surface area contributed by atoms with Crippen molar-refractivity contribution in [1.82, 2.24) is 5.43 Å². The second kappa shape index (κ2) is 4.22. The summed E-state index contributed by atoms with van der Waals surface area (Å²) in [5.41, 5.74) is 1.98. The summed E-state index contributed by atoms with van der Waals surface area (Å²) in [6, 6.07) is 8.14. The van der Waals surface area contributed by atoms with E-state index in [1.807, 2.05) is 0 Å². The van der Waals surface area contributed by atoms with Crippen LogP contribution < -0.4 is 11.3 Å². The second-order valence-electron chi connectivity index (χ2n) is 2.19. The Labute approximate surface area is 74.5 Å². The molecule has 0 saturated carbocycles. The molecule has 1 amide bonds. The zero-order valence-corrected chi connectivity index (χ0v) is 6.69. The van der Waals surface area contributed by atoms with Gasteiger partial charge in [0.2, 0.25) is 0 Å². The summed E-state index contributed by atoms with van der Waals surface area (Å²) >= 11 is 0. The first kappa shape index (κ1) is 9.21. The number of esters is 1. The lowest BCUT2D eigenvalue weighted by molar-refractivity contribution is 0.0622. The van der Waals surface area contributed by atoms with Crippen molar-refractivity contribution in [3.8, 4) is 0 Å². The summed E-state index contributed by atoms with van der Waals surface area (Å²) in [5.74, 6) is 3.99. The van der Waals surface area contributed by atoms with Crippen LogP contribution in [0.25, 0.3) is 0 Å². The fourth-order valence-corrected chi connectivity index (χ4v) is 0.747. The van der Waals surface area contributed by atoms with Gasteiger partial charge in [-0.15, -0.1) is 0 Å². The molecule has 1 rings (SSSR count). The van der Waals surface area contributed by atoms with Gasteiger partial charge in [-0.1, -0.05) is 18.2 Å². The number of nitrogens with one attached hydrogen (secondary N) is 1. The molecule has 13 heavy (non-hydrogen) atoms. The van der Waals surface area contributed by atoms with Crippen LogP contribution in [0.4, 0.5) is 4.79 Å². The molecule has 68 valence electrons. The molecule has 5 nitrogen and oxygen atoms in total. The molecule has 0 aromatic heterocycles. The van der Waals surface area contributed by atoms with E-state index < -0.39 is 12.1 Å². The van der Waals surface area contributed by atoms with Gasteiger partial charge in [0.1, 0.15) is 0 Å². The Kier molecular flexibility index (Phi) is 2.99. The fraction of sp³-hybridized carbons (Fsp3) is 0. The van der Waals surface area contributed by atoms with Gasteiger partial charge in [0.05, 0.1) is 5.56 Å². The number of hydrogen-bond acceptors (Lipinski definition) is 4. The van der Waals surface area contributed by atoms with Crippen molar-refractivity contribution in [2.24, 2.45) is 5.84 Å². The molecule has 0 radical (unpaired) electrons. The maximum Gasteiger partial charge on any atom is 0.429 e. The van der Waals surface area contributed by atoms with Crippen molar-refractivity contribution in [1.29, 1.82) is 0 Å². The molecule has 5 heteroatoms. The molecule has 0 aliphatic rings. The molecule has 0 aliphatic heterocycles. The van der Waals surface area contributed by atoms with Crippen LogP contribution >= 0.6 is 0 Å². The molecule has 0 heterocycles. The van der Waals surface area contributed by atoms with E-state index in [2.05, 4.69) is 4.74 Å². The average molecular weight is 180 g/mol. The monoisotopic (exact) mass is 180 g/mol. The quantitative estimate of drug-likeness (QED) is 0.216. The van der Waals surface area contributed by atoms with Crippen molar-refractivity contribution in [3.05, 3.63) is 35.9 Å². The van der Waals surface area contributed by atoms with E-state index >= 15 is 0 Å². The number of ether oxygens (including phenoxy) is 1. The van der Waals surface area contributed by atoms with E-state index in [1.165, 1.54) is 12.1 Å². The molecule has 3 N–H and O–H groups in total. The first-order chi connectivity index (χ1) is 6.24. The Hall–Kier alpha value is -1.88. The van der Waals surface area contributed by atoms with Crippen LogP contribution in [0, 0.1) is 0 Å². The van der Waals surface area contributed by atoms with Gasteiger partial charge in [-0.2, -0.15) is 0 Å². The van der Waals surface area contributed by atoms with Crippen LogP contribution in [0.5, 0.6) is 0 Å². The van der Waals surface area contributed by atoms with Crippen molar-refractivity contribution in [3.63, 3.8) is 0 Å². The van der Waals surface area contributed by atoms with Crippen LogP contribution in [-0.2, 0) is 4.74 Å². The smallest absolute Gasteiger partial charge is 0.372 e. The minimum atomic E-state index is -0.978. The second-order valence-corrected chi connectivity index (χ2v) is 2.19. The highest BCUT2D eigenvalue weighted by atomic mass is 16.6. The first-order valence-corrected chi connectivity index (χ1v) is 3.52. The number of hydrazine groups is 1. The van der Waals surface area contributed by atoms with Crippen LogP contribution in [0.2, 0.25) is 0 Å². The van der Waals surface area contributed by atoms with Crippen LogP contribution in [0.15, 0.2) is 30.3 Å². The summed E-state index contributed by atoms with van der Waals surface area (Å²) < 4.78 is 4.27. The van der Waals surface area contributed by atoms with Gasteiger partial charge < -0.3 is 4.74 Å². The van der Waals surface area contributed by atoms with Crippen LogP contribution in [0.3, 0.4) is 0 Å². The van der Waals surface area contributed by atoms with Crippen molar-refractivity contribution in [2.45, 2.75) is 0 Å². The highest BCUT2D eigenvalue weighted by molar-refractivity contribution is 5.96. The van der Waals surface area contributed by atoms with E-state index in [9.17, 15) is 9.59 Å². The van der Waals surface area contributed by atoms with Crippen LogP contribution in [0.1, 0.15) is 10.4 Å². The molecule has 0 fully saturated rings. The average Bonchev–Trinajstić information content (AvgIpc) is 2.19. The normalized spacial score (nSPS) is 9.00. The molecule has 0 saturated heterocycles. The van der Waals surface area contributed by atoms with E-state index in [1.54, 1.807) is 23.6 Å². The number of nitrogens with two attached hydrogens (primary N) is 1. The SMILES string of the molecule is NNC(=O)OC(=O)c1ccccc1. The van der Waals surface area contributed by atoms with Crippen molar-refractivity contribution < 1.29 is 14.3 Å². The highest BCUT2D eigenvalue weighted by Gasteiger charge is 2.10. The van der Waals surface area contributed by atoms with Gasteiger partial charge in [-0.25, -0.2) is 15.4 Å². The van der Waals surface area contributed by atoms with Gasteiger partial charge >= 0.3 is 12.1 Å². The predicted molar refractivity (Wildman–Crippen MR) is 44.6 cm³/mol. The predicted octanol–water partition coefficient (Wildman–Crippen LogP) is 0.427. The molecule has 0 bridgehead atoms. The summed E-state index contributed by atoms with van der Waals surface area (Å²) in [6.45, 7) is 0. The molecule has 0 unspecified atom stereocenters. The third-order valence-electron chi connectivity index (χ3n) is 1.31. The number of carbonyl (C=O) groups excluding carboxylic acids is 2. The zero-order valence-electron chi connectivity index (χ0n) is 6.69.